The number of benzene rings is 2. The zero-order valence-electron chi connectivity index (χ0n) is 16.1. The van der Waals surface area contributed by atoms with E-state index in [1.807, 2.05) is 6.92 Å². The molecular weight excluding hydrogens is 316 g/mol. The minimum atomic E-state index is 0.700. The molecule has 0 aliphatic heterocycles. The van der Waals surface area contributed by atoms with E-state index in [9.17, 15) is 0 Å². The number of ether oxygens (including phenoxy) is 1. The Balaban J connectivity index is 1.57. The molecule has 0 aromatic heterocycles. The van der Waals surface area contributed by atoms with Crippen molar-refractivity contribution in [2.45, 2.75) is 58.0 Å². The van der Waals surface area contributed by atoms with Crippen LogP contribution in [-0.2, 0) is 11.3 Å². The number of allylic oxidation sites excluding steroid dienone is 1. The van der Waals surface area contributed by atoms with E-state index >= 15 is 0 Å². The average molecular weight is 349 g/mol. The Morgan fingerprint density at radius 1 is 0.923 bits per heavy atom. The first kappa shape index (κ1) is 18.9. The lowest BCUT2D eigenvalue weighted by Crippen LogP contribution is -2.13. The van der Waals surface area contributed by atoms with Gasteiger partial charge in [-0.3, -0.25) is 0 Å². The fraction of sp³-hybridized carbons (Fsp3) is 0.440. The second-order valence-corrected chi connectivity index (χ2v) is 7.54. The molecule has 1 nitrogen and oxygen atoms in total. The molecule has 2 aromatic carbocycles. The van der Waals surface area contributed by atoms with Gasteiger partial charge in [-0.15, -0.1) is 6.58 Å². The van der Waals surface area contributed by atoms with Gasteiger partial charge >= 0.3 is 0 Å². The maximum Gasteiger partial charge on any atom is 0.0716 e. The van der Waals surface area contributed by atoms with Crippen LogP contribution in [0, 0.1) is 5.92 Å². The molecule has 1 heteroatoms. The minimum absolute atomic E-state index is 0.700. The van der Waals surface area contributed by atoms with Crippen LogP contribution in [0.25, 0.3) is 11.1 Å². The Labute approximate surface area is 159 Å². The van der Waals surface area contributed by atoms with Crippen LogP contribution >= 0.6 is 0 Å². The second kappa shape index (κ2) is 9.73. The van der Waals surface area contributed by atoms with Crippen molar-refractivity contribution in [3.05, 3.63) is 72.3 Å². The molecule has 0 N–H and O–H groups in total. The summed E-state index contributed by atoms with van der Waals surface area (Å²) in [6, 6.07) is 18.0. The van der Waals surface area contributed by atoms with E-state index in [1.165, 1.54) is 60.8 Å². The van der Waals surface area contributed by atoms with Crippen LogP contribution in [-0.4, -0.2) is 6.61 Å². The van der Waals surface area contributed by atoms with E-state index in [4.69, 9.17) is 4.74 Å². The fourth-order valence-corrected chi connectivity index (χ4v) is 4.10. The number of rotatable bonds is 8. The number of hydrogen-bond acceptors (Lipinski definition) is 1. The molecule has 0 saturated heterocycles. The number of hydrogen-bond donors (Lipinski definition) is 0. The summed E-state index contributed by atoms with van der Waals surface area (Å²) in [7, 11) is 0. The van der Waals surface area contributed by atoms with Crippen LogP contribution in [0.4, 0.5) is 0 Å². The third-order valence-corrected chi connectivity index (χ3v) is 5.77. The molecule has 1 saturated carbocycles. The Morgan fingerprint density at radius 2 is 1.54 bits per heavy atom. The van der Waals surface area contributed by atoms with Gasteiger partial charge in [-0.05, 0) is 79.5 Å². The highest BCUT2D eigenvalue weighted by molar-refractivity contribution is 5.64. The smallest absolute Gasteiger partial charge is 0.0716 e. The van der Waals surface area contributed by atoms with Crippen molar-refractivity contribution < 1.29 is 4.74 Å². The van der Waals surface area contributed by atoms with Gasteiger partial charge in [0.15, 0.2) is 0 Å². The molecule has 138 valence electrons. The van der Waals surface area contributed by atoms with Gasteiger partial charge in [0.25, 0.3) is 0 Å². The van der Waals surface area contributed by atoms with Gasteiger partial charge in [-0.25, -0.2) is 0 Å². The lowest BCUT2D eigenvalue weighted by atomic mass is 9.77. The van der Waals surface area contributed by atoms with Crippen molar-refractivity contribution in [3.63, 3.8) is 0 Å². The highest BCUT2D eigenvalue weighted by Gasteiger charge is 2.21. The lowest BCUT2D eigenvalue weighted by molar-refractivity contribution is 0.134. The van der Waals surface area contributed by atoms with Crippen LogP contribution in [0.1, 0.15) is 62.5 Å². The van der Waals surface area contributed by atoms with E-state index < -0.39 is 0 Å². The van der Waals surface area contributed by atoms with Crippen molar-refractivity contribution in [2.24, 2.45) is 5.92 Å². The maximum absolute atomic E-state index is 5.47. The Kier molecular flexibility index (Phi) is 7.08. The summed E-state index contributed by atoms with van der Waals surface area (Å²) in [5.41, 5.74) is 5.34. The molecule has 1 aliphatic rings. The quantitative estimate of drug-likeness (QED) is 0.461. The first-order valence-corrected chi connectivity index (χ1v) is 10.2. The summed E-state index contributed by atoms with van der Waals surface area (Å²) in [6.45, 7) is 7.35. The highest BCUT2D eigenvalue weighted by atomic mass is 16.5. The van der Waals surface area contributed by atoms with Crippen LogP contribution in [0.2, 0.25) is 0 Å². The van der Waals surface area contributed by atoms with Crippen LogP contribution in [0.15, 0.2) is 61.2 Å². The molecule has 3 rings (SSSR count). The van der Waals surface area contributed by atoms with Crippen molar-refractivity contribution in [1.29, 1.82) is 0 Å². The predicted molar refractivity (Wildman–Crippen MR) is 111 cm³/mol. The molecule has 0 amide bonds. The van der Waals surface area contributed by atoms with Gasteiger partial charge in [0.2, 0.25) is 0 Å². The average Bonchev–Trinajstić information content (AvgIpc) is 2.72. The Morgan fingerprint density at radius 3 is 2.12 bits per heavy atom. The van der Waals surface area contributed by atoms with Gasteiger partial charge in [0, 0.05) is 6.61 Å². The second-order valence-electron chi connectivity index (χ2n) is 7.54. The molecule has 0 radical (unpaired) electrons. The summed E-state index contributed by atoms with van der Waals surface area (Å²) in [5.74, 6) is 1.66. The van der Waals surface area contributed by atoms with E-state index in [-0.39, 0.29) is 0 Å². The predicted octanol–water partition coefficient (Wildman–Crippen LogP) is 7.13. The van der Waals surface area contributed by atoms with E-state index in [1.54, 1.807) is 0 Å². The van der Waals surface area contributed by atoms with Crippen LogP contribution in [0.3, 0.4) is 0 Å². The molecular formula is C25H32O. The molecule has 0 unspecified atom stereocenters. The first-order valence-electron chi connectivity index (χ1n) is 10.2. The van der Waals surface area contributed by atoms with Gasteiger partial charge in [0.05, 0.1) is 6.61 Å². The van der Waals surface area contributed by atoms with Gasteiger partial charge in [-0.2, -0.15) is 0 Å². The summed E-state index contributed by atoms with van der Waals surface area (Å²) in [6.07, 6.45) is 10.00. The third-order valence-electron chi connectivity index (χ3n) is 5.77. The fourth-order valence-electron chi connectivity index (χ4n) is 4.10. The minimum Gasteiger partial charge on any atom is -0.377 e. The first-order chi connectivity index (χ1) is 12.8. The summed E-state index contributed by atoms with van der Waals surface area (Å²) < 4.78 is 5.47. The standard InChI is InChI=1S/C25H32O/c1-3-5-6-20-7-11-22(12-8-20)24-15-17-25(18-16-24)23-13-9-21(10-14-23)19-26-4-2/h3,9-10,13-18,20,22H,1,4-8,11-12,19H2,2H3. The zero-order valence-corrected chi connectivity index (χ0v) is 16.1. The SMILES string of the molecule is C=CCCC1CCC(c2ccc(-c3ccc(COCC)cc3)cc2)CC1. The normalized spacial score (nSPS) is 20.0. The largest absolute Gasteiger partial charge is 0.377 e. The molecule has 0 spiro atoms. The molecule has 26 heavy (non-hydrogen) atoms. The molecule has 0 atom stereocenters. The molecule has 1 aliphatic carbocycles. The van der Waals surface area contributed by atoms with Gasteiger partial charge < -0.3 is 4.74 Å². The summed E-state index contributed by atoms with van der Waals surface area (Å²) in [4.78, 5) is 0. The molecule has 0 bridgehead atoms. The Hall–Kier alpha value is -1.86. The van der Waals surface area contributed by atoms with Crippen LogP contribution < -0.4 is 0 Å². The molecule has 1 fully saturated rings. The Bertz CT molecular complexity index is 660. The highest BCUT2D eigenvalue weighted by Crippen LogP contribution is 2.38. The van der Waals surface area contributed by atoms with E-state index in [0.717, 1.165) is 18.4 Å². The van der Waals surface area contributed by atoms with Crippen molar-refractivity contribution in [1.82, 2.24) is 0 Å². The van der Waals surface area contributed by atoms with Crippen molar-refractivity contribution in [2.75, 3.05) is 6.61 Å². The van der Waals surface area contributed by atoms with E-state index in [0.29, 0.717) is 6.61 Å². The molecule has 0 heterocycles. The summed E-state index contributed by atoms with van der Waals surface area (Å²) >= 11 is 0. The third kappa shape index (κ3) is 5.08. The van der Waals surface area contributed by atoms with Crippen molar-refractivity contribution in [3.8, 4) is 11.1 Å². The van der Waals surface area contributed by atoms with Crippen molar-refractivity contribution >= 4 is 0 Å². The summed E-state index contributed by atoms with van der Waals surface area (Å²) in [5, 5.41) is 0. The van der Waals surface area contributed by atoms with Gasteiger partial charge in [-0.1, -0.05) is 54.6 Å². The molecule has 2 aromatic rings. The topological polar surface area (TPSA) is 9.23 Å². The maximum atomic E-state index is 5.47. The lowest BCUT2D eigenvalue weighted by Gasteiger charge is -2.28. The monoisotopic (exact) mass is 348 g/mol. The van der Waals surface area contributed by atoms with Crippen LogP contribution in [0.5, 0.6) is 0 Å². The zero-order chi connectivity index (χ0) is 18.2. The van der Waals surface area contributed by atoms with E-state index in [2.05, 4.69) is 61.2 Å². The van der Waals surface area contributed by atoms with Gasteiger partial charge in [0.1, 0.15) is 0 Å².